The van der Waals surface area contributed by atoms with E-state index in [1.165, 1.54) is 0 Å². The van der Waals surface area contributed by atoms with Gasteiger partial charge in [-0.25, -0.2) is 0 Å². The molecule has 0 N–H and O–H groups in total. The number of hydrogen-bond donors (Lipinski definition) is 0. The fraction of sp³-hybridized carbons (Fsp3) is 0.154. The monoisotopic (exact) mass is 197 g/mol. The fourth-order valence-electron chi connectivity index (χ4n) is 2.21. The van der Waals surface area contributed by atoms with Crippen LogP contribution >= 0.6 is 0 Å². The molecular weight excluding hydrogens is 186 g/mol. The molecule has 0 radical (unpaired) electrons. The van der Waals surface area contributed by atoms with Crippen LogP contribution in [0.5, 0.6) is 0 Å². The molecule has 0 spiro atoms. The van der Waals surface area contributed by atoms with E-state index in [4.69, 9.17) is 0 Å². The third-order valence-electron chi connectivity index (χ3n) is 2.98. The van der Waals surface area contributed by atoms with Crippen molar-refractivity contribution in [2.24, 2.45) is 0 Å². The normalized spacial score (nSPS) is 19.2. The smallest absolute Gasteiger partial charge is 0.238 e. The Kier molecular flexibility index (Phi) is 1.75. The van der Waals surface area contributed by atoms with E-state index in [2.05, 4.69) is 0 Å². The highest BCUT2D eigenvalue weighted by atomic mass is 16.2. The molecule has 0 bridgehead atoms. The minimum atomic E-state index is 0.0161. The maximum atomic E-state index is 12.0. The van der Waals surface area contributed by atoms with Crippen LogP contribution in [-0.2, 0) is 6.42 Å². The number of hydrogen-bond acceptors (Lipinski definition) is 1. The number of rotatable bonds is 1. The van der Waals surface area contributed by atoms with Gasteiger partial charge in [-0.2, -0.15) is 0 Å². The lowest BCUT2D eigenvalue weighted by molar-refractivity contribution is 0.0902. The zero-order valence-electron chi connectivity index (χ0n) is 8.26. The highest BCUT2D eigenvalue weighted by molar-refractivity contribution is 5.89. The molecule has 2 nitrogen and oxygen atoms in total. The van der Waals surface area contributed by atoms with Gasteiger partial charge in [0, 0.05) is 18.3 Å². The maximum absolute atomic E-state index is 12.0. The lowest BCUT2D eigenvalue weighted by Gasteiger charge is -2.06. The molecule has 0 saturated heterocycles. The van der Waals surface area contributed by atoms with Crippen LogP contribution in [0.2, 0.25) is 0 Å². The van der Waals surface area contributed by atoms with E-state index < -0.39 is 0 Å². The Morgan fingerprint density at radius 2 is 1.87 bits per heavy atom. The number of carbonyl (C=O) groups excluding carboxylic acids is 1. The number of fused-ring (bicyclic) bond motifs is 1. The Balaban J connectivity index is 2.00. The summed E-state index contributed by atoms with van der Waals surface area (Å²) in [5.41, 5.74) is 2.24. The molecule has 1 unspecified atom stereocenters. The van der Waals surface area contributed by atoms with Gasteiger partial charge in [-0.1, -0.05) is 30.3 Å². The van der Waals surface area contributed by atoms with Gasteiger partial charge in [-0.15, -0.1) is 0 Å². The minimum absolute atomic E-state index is 0.0161. The van der Waals surface area contributed by atoms with Gasteiger partial charge in [0.05, 0.1) is 5.92 Å². The van der Waals surface area contributed by atoms with Crippen molar-refractivity contribution in [3.8, 4) is 0 Å². The van der Waals surface area contributed by atoms with Crippen molar-refractivity contribution in [3.63, 3.8) is 0 Å². The van der Waals surface area contributed by atoms with E-state index in [-0.39, 0.29) is 11.8 Å². The van der Waals surface area contributed by atoms with Crippen LogP contribution < -0.4 is 0 Å². The molecule has 1 aliphatic heterocycles. The van der Waals surface area contributed by atoms with Gasteiger partial charge in [0.25, 0.3) is 0 Å². The SMILES string of the molecule is O=C1C(c2ccccc2)Cc2cccn21. The highest BCUT2D eigenvalue weighted by Gasteiger charge is 2.30. The van der Waals surface area contributed by atoms with Gasteiger partial charge in [0.15, 0.2) is 0 Å². The first-order valence-electron chi connectivity index (χ1n) is 5.11. The molecule has 0 fully saturated rings. The Bertz CT molecular complexity index is 498. The topological polar surface area (TPSA) is 22.0 Å². The van der Waals surface area contributed by atoms with E-state index in [0.717, 1.165) is 17.7 Å². The molecule has 1 aromatic heterocycles. The molecule has 0 amide bonds. The average molecular weight is 197 g/mol. The van der Waals surface area contributed by atoms with E-state index in [1.54, 1.807) is 4.57 Å². The lowest BCUT2D eigenvalue weighted by Crippen LogP contribution is -2.11. The Hall–Kier alpha value is -1.83. The molecule has 0 aliphatic carbocycles. The van der Waals surface area contributed by atoms with Gasteiger partial charge >= 0.3 is 0 Å². The van der Waals surface area contributed by atoms with Crippen LogP contribution in [0.1, 0.15) is 22.0 Å². The summed E-state index contributed by atoms with van der Waals surface area (Å²) >= 11 is 0. The number of aromatic nitrogens is 1. The van der Waals surface area contributed by atoms with E-state index in [0.29, 0.717) is 0 Å². The van der Waals surface area contributed by atoms with Gasteiger partial charge < -0.3 is 0 Å². The highest BCUT2D eigenvalue weighted by Crippen LogP contribution is 2.29. The summed E-state index contributed by atoms with van der Waals surface area (Å²) in [4.78, 5) is 12.0. The Labute approximate surface area is 88.2 Å². The molecule has 1 atom stereocenters. The molecule has 15 heavy (non-hydrogen) atoms. The molecule has 3 rings (SSSR count). The minimum Gasteiger partial charge on any atom is -0.291 e. The van der Waals surface area contributed by atoms with Crippen LogP contribution in [0, 0.1) is 0 Å². The first-order chi connectivity index (χ1) is 7.36. The van der Waals surface area contributed by atoms with Crippen LogP contribution in [0.4, 0.5) is 0 Å². The van der Waals surface area contributed by atoms with Crippen LogP contribution in [0.3, 0.4) is 0 Å². The molecule has 2 heteroatoms. The lowest BCUT2D eigenvalue weighted by atomic mass is 9.96. The molecule has 74 valence electrons. The molecule has 0 saturated carbocycles. The Morgan fingerprint density at radius 1 is 1.07 bits per heavy atom. The Morgan fingerprint density at radius 3 is 2.60 bits per heavy atom. The molecule has 1 aromatic carbocycles. The van der Waals surface area contributed by atoms with Crippen molar-refractivity contribution in [3.05, 3.63) is 59.9 Å². The second kappa shape index (κ2) is 3.09. The molecule has 2 heterocycles. The van der Waals surface area contributed by atoms with Crippen molar-refractivity contribution in [1.82, 2.24) is 4.57 Å². The molecule has 1 aliphatic rings. The summed E-state index contributed by atoms with van der Waals surface area (Å²) in [7, 11) is 0. The number of benzene rings is 1. The molecular formula is C13H11NO. The summed E-state index contributed by atoms with van der Waals surface area (Å²) in [5, 5.41) is 0. The summed E-state index contributed by atoms with van der Waals surface area (Å²) in [5.74, 6) is 0.212. The maximum Gasteiger partial charge on any atom is 0.238 e. The quantitative estimate of drug-likeness (QED) is 0.688. The zero-order chi connectivity index (χ0) is 10.3. The van der Waals surface area contributed by atoms with Gasteiger partial charge in [-0.3, -0.25) is 9.36 Å². The van der Waals surface area contributed by atoms with Gasteiger partial charge in [0.2, 0.25) is 5.91 Å². The largest absolute Gasteiger partial charge is 0.291 e. The third kappa shape index (κ3) is 1.22. The second-order valence-electron chi connectivity index (χ2n) is 3.88. The van der Waals surface area contributed by atoms with Crippen LogP contribution in [-0.4, -0.2) is 10.5 Å². The predicted molar refractivity (Wildman–Crippen MR) is 57.9 cm³/mol. The summed E-state index contributed by atoms with van der Waals surface area (Å²) in [6.07, 6.45) is 2.68. The summed E-state index contributed by atoms with van der Waals surface area (Å²) < 4.78 is 1.76. The van der Waals surface area contributed by atoms with Gasteiger partial charge in [-0.05, 0) is 17.7 Å². The van der Waals surface area contributed by atoms with E-state index >= 15 is 0 Å². The van der Waals surface area contributed by atoms with Crippen molar-refractivity contribution in [2.75, 3.05) is 0 Å². The second-order valence-corrected chi connectivity index (χ2v) is 3.88. The average Bonchev–Trinajstić information content (AvgIpc) is 2.83. The molecule has 2 aromatic rings. The third-order valence-corrected chi connectivity index (χ3v) is 2.98. The first-order valence-corrected chi connectivity index (χ1v) is 5.11. The summed E-state index contributed by atoms with van der Waals surface area (Å²) in [6.45, 7) is 0. The van der Waals surface area contributed by atoms with Crippen molar-refractivity contribution in [1.29, 1.82) is 0 Å². The van der Waals surface area contributed by atoms with Gasteiger partial charge in [0.1, 0.15) is 0 Å². The standard InChI is InChI=1S/C13H11NO/c15-13-12(10-5-2-1-3-6-10)9-11-7-4-8-14(11)13/h1-8,12H,9H2. The number of nitrogens with zero attached hydrogens (tertiary/aromatic N) is 1. The van der Waals surface area contributed by atoms with Crippen LogP contribution in [0.15, 0.2) is 48.7 Å². The van der Waals surface area contributed by atoms with E-state index in [9.17, 15) is 4.79 Å². The van der Waals surface area contributed by atoms with Crippen molar-refractivity contribution in [2.45, 2.75) is 12.3 Å². The van der Waals surface area contributed by atoms with Crippen molar-refractivity contribution < 1.29 is 4.79 Å². The zero-order valence-corrected chi connectivity index (χ0v) is 8.26. The van der Waals surface area contributed by atoms with E-state index in [1.807, 2.05) is 48.7 Å². The first kappa shape index (κ1) is 8.48. The predicted octanol–water partition coefficient (Wildman–Crippen LogP) is 2.47. The fourth-order valence-corrected chi connectivity index (χ4v) is 2.21. The summed E-state index contributed by atoms with van der Waals surface area (Å²) in [6, 6.07) is 13.9. The number of carbonyl (C=O) groups is 1. The van der Waals surface area contributed by atoms with Crippen molar-refractivity contribution >= 4 is 5.91 Å². The van der Waals surface area contributed by atoms with Crippen LogP contribution in [0.25, 0.3) is 0 Å².